The first-order chi connectivity index (χ1) is 7.95. The van der Waals surface area contributed by atoms with E-state index in [1.54, 1.807) is 13.8 Å². The molecule has 1 rings (SSSR count). The third-order valence-electron chi connectivity index (χ3n) is 2.42. The van der Waals surface area contributed by atoms with Crippen LogP contribution in [0.5, 0.6) is 5.75 Å². The summed E-state index contributed by atoms with van der Waals surface area (Å²) in [5.41, 5.74) is 11.4. The number of halogens is 1. The van der Waals surface area contributed by atoms with Gasteiger partial charge < -0.3 is 16.2 Å². The number of rotatable bonds is 5. The molecular weight excluding hydrogens is 223 g/mol. The van der Waals surface area contributed by atoms with E-state index in [4.69, 9.17) is 16.2 Å². The van der Waals surface area contributed by atoms with Gasteiger partial charge in [0.25, 0.3) is 5.91 Å². The molecule has 0 spiro atoms. The maximum Gasteiger partial charge on any atom is 0.258 e. The number of hydrogen-bond acceptors (Lipinski definition) is 3. The van der Waals surface area contributed by atoms with Crippen molar-refractivity contribution in [1.82, 2.24) is 0 Å². The van der Waals surface area contributed by atoms with Gasteiger partial charge in [-0.2, -0.15) is 0 Å². The molecule has 0 saturated carbocycles. The topological polar surface area (TPSA) is 78.3 Å². The number of primary amides is 1. The number of nitrogens with two attached hydrogens (primary N) is 2. The van der Waals surface area contributed by atoms with Crippen LogP contribution in [-0.4, -0.2) is 12.0 Å². The van der Waals surface area contributed by atoms with Gasteiger partial charge in [-0.1, -0.05) is 6.92 Å². The molecule has 0 bridgehead atoms. The summed E-state index contributed by atoms with van der Waals surface area (Å²) in [7, 11) is 0. The van der Waals surface area contributed by atoms with Crippen LogP contribution in [0.15, 0.2) is 18.2 Å². The van der Waals surface area contributed by atoms with Crippen molar-refractivity contribution in [2.45, 2.75) is 32.4 Å². The Morgan fingerprint density at radius 2 is 2.18 bits per heavy atom. The molecule has 0 saturated heterocycles. The van der Waals surface area contributed by atoms with Crippen molar-refractivity contribution < 1.29 is 13.9 Å². The van der Waals surface area contributed by atoms with E-state index >= 15 is 0 Å². The molecule has 5 heteroatoms. The molecule has 2 atom stereocenters. The lowest BCUT2D eigenvalue weighted by molar-refractivity contribution is -0.124. The summed E-state index contributed by atoms with van der Waals surface area (Å²) in [6.45, 7) is 3.50. The molecule has 4 N–H and O–H groups in total. The van der Waals surface area contributed by atoms with Crippen molar-refractivity contribution in [2.24, 2.45) is 11.5 Å². The van der Waals surface area contributed by atoms with Crippen molar-refractivity contribution in [3.8, 4) is 5.75 Å². The summed E-state index contributed by atoms with van der Waals surface area (Å²) in [4.78, 5) is 11.1. The van der Waals surface area contributed by atoms with Crippen molar-refractivity contribution in [3.05, 3.63) is 29.6 Å². The zero-order valence-electron chi connectivity index (χ0n) is 9.94. The average molecular weight is 240 g/mol. The Hall–Kier alpha value is -1.62. The van der Waals surface area contributed by atoms with Gasteiger partial charge in [-0.25, -0.2) is 4.39 Å². The summed E-state index contributed by atoms with van der Waals surface area (Å²) in [6.07, 6.45) is -0.275. The molecule has 0 aliphatic carbocycles. The molecular formula is C12H17FN2O2. The Kier molecular flexibility index (Phi) is 4.45. The quantitative estimate of drug-likeness (QED) is 0.818. The molecule has 0 radical (unpaired) electrons. The highest BCUT2D eigenvalue weighted by Crippen LogP contribution is 2.26. The lowest BCUT2D eigenvalue weighted by Crippen LogP contribution is -2.33. The largest absolute Gasteiger partial charge is 0.480 e. The summed E-state index contributed by atoms with van der Waals surface area (Å²) in [6, 6.07) is 3.63. The Morgan fingerprint density at radius 1 is 1.53 bits per heavy atom. The van der Waals surface area contributed by atoms with Crippen LogP contribution in [0.1, 0.15) is 31.9 Å². The van der Waals surface area contributed by atoms with Crippen molar-refractivity contribution in [2.75, 3.05) is 0 Å². The zero-order chi connectivity index (χ0) is 13.0. The molecule has 0 aromatic heterocycles. The fraction of sp³-hybridized carbons (Fsp3) is 0.417. The van der Waals surface area contributed by atoms with Crippen LogP contribution in [0, 0.1) is 5.82 Å². The number of amides is 1. The second-order valence-electron chi connectivity index (χ2n) is 3.89. The molecule has 4 nitrogen and oxygen atoms in total. The number of carbonyl (C=O) groups excluding carboxylic acids is 1. The Morgan fingerprint density at radius 3 is 2.65 bits per heavy atom. The molecule has 1 amide bonds. The third-order valence-corrected chi connectivity index (χ3v) is 2.42. The van der Waals surface area contributed by atoms with Gasteiger partial charge in [-0.05, 0) is 31.5 Å². The Labute approximate surface area is 99.7 Å². The monoisotopic (exact) mass is 240 g/mol. The predicted molar refractivity (Wildman–Crippen MR) is 62.9 cm³/mol. The van der Waals surface area contributed by atoms with E-state index in [0.717, 1.165) is 0 Å². The minimum atomic E-state index is -0.724. The van der Waals surface area contributed by atoms with E-state index in [0.29, 0.717) is 17.7 Å². The summed E-state index contributed by atoms with van der Waals surface area (Å²) >= 11 is 0. The SMILES string of the molecule is CCC(Oc1ccc(F)cc1[C@H](C)N)C(N)=O. The molecule has 17 heavy (non-hydrogen) atoms. The van der Waals surface area contributed by atoms with Crippen LogP contribution in [0.4, 0.5) is 4.39 Å². The number of hydrogen-bond donors (Lipinski definition) is 2. The first kappa shape index (κ1) is 13.4. The Balaban J connectivity index is 3.01. The number of carbonyl (C=O) groups is 1. The van der Waals surface area contributed by atoms with E-state index < -0.39 is 17.8 Å². The van der Waals surface area contributed by atoms with Crippen LogP contribution in [0.2, 0.25) is 0 Å². The van der Waals surface area contributed by atoms with Gasteiger partial charge >= 0.3 is 0 Å². The second-order valence-corrected chi connectivity index (χ2v) is 3.89. The summed E-state index contributed by atoms with van der Waals surface area (Å²) in [5, 5.41) is 0. The van der Waals surface area contributed by atoms with Crippen LogP contribution in [-0.2, 0) is 4.79 Å². The third kappa shape index (κ3) is 3.42. The molecule has 0 aliphatic heterocycles. The van der Waals surface area contributed by atoms with E-state index in [2.05, 4.69) is 0 Å². The normalized spacial score (nSPS) is 14.1. The van der Waals surface area contributed by atoms with Crippen LogP contribution >= 0.6 is 0 Å². The fourth-order valence-electron chi connectivity index (χ4n) is 1.48. The van der Waals surface area contributed by atoms with E-state index in [1.807, 2.05) is 0 Å². The van der Waals surface area contributed by atoms with Gasteiger partial charge in [0.1, 0.15) is 11.6 Å². The van der Waals surface area contributed by atoms with E-state index in [-0.39, 0.29) is 6.04 Å². The van der Waals surface area contributed by atoms with Gasteiger partial charge in [0, 0.05) is 11.6 Å². The fourth-order valence-corrected chi connectivity index (χ4v) is 1.48. The van der Waals surface area contributed by atoms with Gasteiger partial charge in [0.15, 0.2) is 6.10 Å². The lowest BCUT2D eigenvalue weighted by atomic mass is 10.1. The predicted octanol–water partition coefficient (Wildman–Crippen LogP) is 1.49. The van der Waals surface area contributed by atoms with Gasteiger partial charge in [0.05, 0.1) is 0 Å². The molecule has 0 heterocycles. The lowest BCUT2D eigenvalue weighted by Gasteiger charge is -2.18. The van der Waals surface area contributed by atoms with Crippen molar-refractivity contribution in [1.29, 1.82) is 0 Å². The standard InChI is InChI=1S/C12H17FN2O2/c1-3-10(12(15)16)17-11-5-4-8(13)6-9(11)7(2)14/h4-7,10H,3,14H2,1-2H3,(H2,15,16)/t7-,10?/m0/s1. The van der Waals surface area contributed by atoms with Gasteiger partial charge in [0.2, 0.25) is 0 Å². The van der Waals surface area contributed by atoms with Gasteiger partial charge in [-0.15, -0.1) is 0 Å². The van der Waals surface area contributed by atoms with E-state index in [9.17, 15) is 9.18 Å². The molecule has 1 aromatic carbocycles. The van der Waals surface area contributed by atoms with Gasteiger partial charge in [-0.3, -0.25) is 4.79 Å². The maximum atomic E-state index is 13.1. The van der Waals surface area contributed by atoms with Crippen LogP contribution in [0.25, 0.3) is 0 Å². The Bertz CT molecular complexity index is 407. The number of ether oxygens (including phenoxy) is 1. The molecule has 1 aromatic rings. The first-order valence-corrected chi connectivity index (χ1v) is 5.46. The molecule has 94 valence electrons. The minimum Gasteiger partial charge on any atom is -0.480 e. The summed E-state index contributed by atoms with van der Waals surface area (Å²) in [5.74, 6) is -0.545. The summed E-state index contributed by atoms with van der Waals surface area (Å²) < 4.78 is 18.5. The van der Waals surface area contributed by atoms with Crippen LogP contribution in [0.3, 0.4) is 0 Å². The van der Waals surface area contributed by atoms with Crippen LogP contribution < -0.4 is 16.2 Å². The van der Waals surface area contributed by atoms with E-state index in [1.165, 1.54) is 18.2 Å². The van der Waals surface area contributed by atoms with Crippen molar-refractivity contribution in [3.63, 3.8) is 0 Å². The first-order valence-electron chi connectivity index (χ1n) is 5.46. The maximum absolute atomic E-state index is 13.1. The zero-order valence-corrected chi connectivity index (χ0v) is 9.94. The molecule has 0 fully saturated rings. The number of benzene rings is 1. The minimum absolute atomic E-state index is 0.383. The highest BCUT2D eigenvalue weighted by molar-refractivity contribution is 5.79. The highest BCUT2D eigenvalue weighted by atomic mass is 19.1. The second kappa shape index (κ2) is 5.63. The highest BCUT2D eigenvalue weighted by Gasteiger charge is 2.18. The average Bonchev–Trinajstić information content (AvgIpc) is 2.26. The molecule has 1 unspecified atom stereocenters. The van der Waals surface area contributed by atoms with Crippen molar-refractivity contribution >= 4 is 5.91 Å². The smallest absolute Gasteiger partial charge is 0.258 e. The molecule has 0 aliphatic rings.